The van der Waals surface area contributed by atoms with E-state index in [-0.39, 0.29) is 27.9 Å². The monoisotopic (exact) mass is 443 g/mol. The molecule has 1 aliphatic rings. The Balaban J connectivity index is 1.70. The van der Waals surface area contributed by atoms with Crippen molar-refractivity contribution in [1.29, 1.82) is 10.8 Å². The summed E-state index contributed by atoms with van der Waals surface area (Å²) in [6, 6.07) is 7.13. The number of amidine groups is 1. The molecule has 168 valence electrons. The van der Waals surface area contributed by atoms with Gasteiger partial charge in [-0.3, -0.25) is 10.8 Å². The van der Waals surface area contributed by atoms with Crippen LogP contribution >= 0.6 is 11.8 Å². The highest BCUT2D eigenvalue weighted by molar-refractivity contribution is 8.26. The quantitative estimate of drug-likeness (QED) is 0.362. The highest BCUT2D eigenvalue weighted by atomic mass is 32.2. The van der Waals surface area contributed by atoms with E-state index in [1.54, 1.807) is 30.1 Å². The van der Waals surface area contributed by atoms with Crippen molar-refractivity contribution in [2.24, 2.45) is 0 Å². The lowest BCUT2D eigenvalue weighted by molar-refractivity contribution is 0.114. The van der Waals surface area contributed by atoms with Crippen LogP contribution in [0.5, 0.6) is 5.75 Å². The van der Waals surface area contributed by atoms with Crippen LogP contribution in [0.2, 0.25) is 0 Å². The number of hydrogen-bond donors (Lipinski definition) is 5. The predicted octanol–water partition coefficient (Wildman–Crippen LogP) is 3.85. The van der Waals surface area contributed by atoms with Gasteiger partial charge in [-0.15, -0.1) is 0 Å². The standard InChI is InChI=1S/C22H33N7OS/c1-21(2)12-15(13-22(3,4)27-21)28(6)20(24)31-19(23)16-8-7-14(11-17(16)30)29-10-9-18(25-5)26-29/h7-11,15,23-24,27,30H,12-13H2,1-6H3,(H,25,26). The Morgan fingerprint density at radius 2 is 1.87 bits per heavy atom. The molecule has 0 amide bonds. The number of aromatic hydroxyl groups is 1. The number of rotatable bonds is 4. The van der Waals surface area contributed by atoms with Gasteiger partial charge in [-0.05, 0) is 64.4 Å². The van der Waals surface area contributed by atoms with Gasteiger partial charge in [0.1, 0.15) is 16.6 Å². The second-order valence-corrected chi connectivity index (χ2v) is 10.4. The van der Waals surface area contributed by atoms with Crippen LogP contribution in [-0.2, 0) is 0 Å². The summed E-state index contributed by atoms with van der Waals surface area (Å²) in [4.78, 5) is 1.96. The molecule has 1 fully saturated rings. The first-order chi connectivity index (χ1) is 14.4. The van der Waals surface area contributed by atoms with Gasteiger partial charge in [0.15, 0.2) is 5.17 Å². The second kappa shape index (κ2) is 8.55. The number of benzene rings is 1. The van der Waals surface area contributed by atoms with Crippen LogP contribution in [-0.4, -0.2) is 61.2 Å². The van der Waals surface area contributed by atoms with Gasteiger partial charge in [0, 0.05) is 55.1 Å². The van der Waals surface area contributed by atoms with Crippen molar-refractivity contribution in [2.75, 3.05) is 19.4 Å². The Bertz CT molecular complexity index is 966. The minimum Gasteiger partial charge on any atom is -0.507 e. The predicted molar refractivity (Wildman–Crippen MR) is 129 cm³/mol. The Labute approximate surface area is 188 Å². The Morgan fingerprint density at radius 1 is 1.23 bits per heavy atom. The molecule has 0 bridgehead atoms. The highest BCUT2D eigenvalue weighted by Gasteiger charge is 2.39. The van der Waals surface area contributed by atoms with Crippen LogP contribution in [0, 0.1) is 10.8 Å². The smallest absolute Gasteiger partial charge is 0.162 e. The number of aromatic nitrogens is 2. The highest BCUT2D eigenvalue weighted by Crippen LogP contribution is 2.33. The Kier molecular flexibility index (Phi) is 6.38. The molecule has 3 rings (SSSR count). The van der Waals surface area contributed by atoms with E-state index in [0.717, 1.165) is 30.4 Å². The molecule has 2 aromatic rings. The SMILES string of the molecule is CNc1ccn(-c2ccc(C(=N)SC(=N)N(C)C3CC(C)(C)NC(C)(C)C3)c(O)c2)n1. The van der Waals surface area contributed by atoms with E-state index < -0.39 is 0 Å². The van der Waals surface area contributed by atoms with Crippen molar-refractivity contribution >= 4 is 27.8 Å². The zero-order valence-corrected chi connectivity index (χ0v) is 19.9. The maximum absolute atomic E-state index is 10.5. The zero-order chi connectivity index (χ0) is 23.0. The number of anilines is 1. The number of piperidine rings is 1. The number of thioether (sulfide) groups is 1. The fourth-order valence-electron chi connectivity index (χ4n) is 4.39. The summed E-state index contributed by atoms with van der Waals surface area (Å²) in [5, 5.41) is 39.0. The molecule has 5 N–H and O–H groups in total. The van der Waals surface area contributed by atoms with E-state index >= 15 is 0 Å². The molecule has 0 saturated carbocycles. The normalized spacial score (nSPS) is 17.9. The van der Waals surface area contributed by atoms with Gasteiger partial charge < -0.3 is 20.6 Å². The number of hydrogen-bond acceptors (Lipinski definition) is 7. The fourth-order valence-corrected chi connectivity index (χ4v) is 5.16. The van der Waals surface area contributed by atoms with Crippen LogP contribution in [0.4, 0.5) is 5.82 Å². The zero-order valence-electron chi connectivity index (χ0n) is 19.1. The average molecular weight is 444 g/mol. The first-order valence-corrected chi connectivity index (χ1v) is 11.2. The molecule has 1 saturated heterocycles. The van der Waals surface area contributed by atoms with Crippen LogP contribution in [0.3, 0.4) is 0 Å². The van der Waals surface area contributed by atoms with Crippen molar-refractivity contribution < 1.29 is 5.11 Å². The summed E-state index contributed by atoms with van der Waals surface area (Å²) in [6.07, 6.45) is 3.64. The molecular formula is C22H33N7OS. The number of nitrogens with zero attached hydrogens (tertiary/aromatic N) is 3. The Morgan fingerprint density at radius 3 is 2.42 bits per heavy atom. The van der Waals surface area contributed by atoms with E-state index in [2.05, 4.69) is 43.4 Å². The van der Waals surface area contributed by atoms with E-state index in [1.165, 1.54) is 0 Å². The van der Waals surface area contributed by atoms with Crippen LogP contribution in [0.15, 0.2) is 30.5 Å². The minimum absolute atomic E-state index is 0.00362. The lowest BCUT2D eigenvalue weighted by atomic mass is 9.79. The van der Waals surface area contributed by atoms with Crippen LogP contribution in [0.1, 0.15) is 46.1 Å². The summed E-state index contributed by atoms with van der Waals surface area (Å²) in [7, 11) is 3.72. The second-order valence-electron chi connectivity index (χ2n) is 9.40. The molecule has 0 unspecified atom stereocenters. The van der Waals surface area contributed by atoms with Gasteiger partial charge >= 0.3 is 0 Å². The molecule has 0 aliphatic carbocycles. The summed E-state index contributed by atoms with van der Waals surface area (Å²) in [5.74, 6) is 0.726. The van der Waals surface area contributed by atoms with Gasteiger partial charge in [0.25, 0.3) is 0 Å². The van der Waals surface area contributed by atoms with Gasteiger partial charge in [0.2, 0.25) is 0 Å². The molecule has 9 heteroatoms. The molecule has 1 aromatic heterocycles. The maximum Gasteiger partial charge on any atom is 0.162 e. The first kappa shape index (κ1) is 23.1. The largest absolute Gasteiger partial charge is 0.507 e. The van der Waals surface area contributed by atoms with Crippen LogP contribution < -0.4 is 10.6 Å². The molecule has 0 atom stereocenters. The average Bonchev–Trinajstić information content (AvgIpc) is 3.14. The molecule has 2 heterocycles. The molecule has 0 radical (unpaired) electrons. The number of phenolic OH excluding ortho intramolecular Hbond substituents is 1. The lowest BCUT2D eigenvalue weighted by Gasteiger charge is -2.49. The van der Waals surface area contributed by atoms with Gasteiger partial charge in [0.05, 0.1) is 5.69 Å². The summed E-state index contributed by atoms with van der Waals surface area (Å²) < 4.78 is 1.66. The topological polar surface area (TPSA) is 113 Å². The van der Waals surface area contributed by atoms with Crippen LogP contribution in [0.25, 0.3) is 5.69 Å². The third-order valence-electron chi connectivity index (χ3n) is 5.57. The lowest BCUT2D eigenvalue weighted by Crippen LogP contribution is -2.62. The van der Waals surface area contributed by atoms with Gasteiger partial charge in [-0.25, -0.2) is 4.68 Å². The maximum atomic E-state index is 10.5. The minimum atomic E-state index is -0.0209. The van der Waals surface area contributed by atoms with E-state index in [0.29, 0.717) is 16.4 Å². The number of nitrogens with one attached hydrogen (secondary N) is 4. The molecular weight excluding hydrogens is 410 g/mol. The molecule has 1 aliphatic heterocycles. The van der Waals surface area contributed by atoms with Crippen molar-refractivity contribution in [3.8, 4) is 11.4 Å². The summed E-state index contributed by atoms with van der Waals surface area (Å²) in [5.41, 5.74) is 1.06. The van der Waals surface area contributed by atoms with Gasteiger partial charge in [-0.2, -0.15) is 5.10 Å². The van der Waals surface area contributed by atoms with E-state index in [4.69, 9.17) is 10.8 Å². The number of phenols is 1. The van der Waals surface area contributed by atoms with Crippen molar-refractivity contribution in [3.63, 3.8) is 0 Å². The van der Waals surface area contributed by atoms with Crippen molar-refractivity contribution in [3.05, 3.63) is 36.0 Å². The molecule has 0 spiro atoms. The van der Waals surface area contributed by atoms with Crippen molar-refractivity contribution in [1.82, 2.24) is 20.0 Å². The third-order valence-corrected chi connectivity index (χ3v) is 6.48. The van der Waals surface area contributed by atoms with E-state index in [9.17, 15) is 5.11 Å². The van der Waals surface area contributed by atoms with E-state index in [1.807, 2.05) is 24.1 Å². The summed E-state index contributed by atoms with van der Waals surface area (Å²) >= 11 is 1.06. The molecule has 1 aromatic carbocycles. The van der Waals surface area contributed by atoms with Crippen molar-refractivity contribution in [2.45, 2.75) is 57.7 Å². The first-order valence-electron chi connectivity index (χ1n) is 10.3. The summed E-state index contributed by atoms with van der Waals surface area (Å²) in [6.45, 7) is 8.75. The third kappa shape index (κ3) is 5.40. The molecule has 8 nitrogen and oxygen atoms in total. The Hall–Kier alpha value is -2.52. The molecule has 31 heavy (non-hydrogen) atoms. The fraction of sp³-hybridized carbons (Fsp3) is 0.500. The van der Waals surface area contributed by atoms with Gasteiger partial charge in [-0.1, -0.05) is 0 Å².